The van der Waals surface area contributed by atoms with Gasteiger partial charge in [0.2, 0.25) is 20.0 Å². The third kappa shape index (κ3) is 4.71. The SMILES string of the molecule is CC(C)N1CCC(N(C)S(=O)(=O)c2ccc(S(=O)(=O)NC3CC3)cc2)CC1. The van der Waals surface area contributed by atoms with Gasteiger partial charge in [-0.25, -0.2) is 21.6 Å². The van der Waals surface area contributed by atoms with Crippen molar-refractivity contribution in [2.24, 2.45) is 0 Å². The molecule has 1 aliphatic heterocycles. The maximum absolute atomic E-state index is 12.9. The first-order valence-corrected chi connectivity index (χ1v) is 12.4. The van der Waals surface area contributed by atoms with Crippen molar-refractivity contribution in [1.29, 1.82) is 0 Å². The molecule has 0 amide bonds. The predicted molar refractivity (Wildman–Crippen MR) is 104 cm³/mol. The number of nitrogens with zero attached hydrogens (tertiary/aromatic N) is 2. The summed E-state index contributed by atoms with van der Waals surface area (Å²) in [7, 11) is -5.61. The van der Waals surface area contributed by atoms with Gasteiger partial charge < -0.3 is 4.90 Å². The van der Waals surface area contributed by atoms with Crippen LogP contribution in [-0.4, -0.2) is 64.3 Å². The molecule has 3 rings (SSSR count). The molecule has 152 valence electrons. The van der Waals surface area contributed by atoms with Crippen LogP contribution in [0.3, 0.4) is 0 Å². The van der Waals surface area contributed by atoms with E-state index >= 15 is 0 Å². The molecule has 0 unspecified atom stereocenters. The minimum absolute atomic E-state index is 0.0150. The van der Waals surface area contributed by atoms with Crippen LogP contribution in [0.5, 0.6) is 0 Å². The number of rotatable bonds is 7. The van der Waals surface area contributed by atoms with Crippen molar-refractivity contribution in [3.05, 3.63) is 24.3 Å². The molecule has 1 aliphatic carbocycles. The van der Waals surface area contributed by atoms with Gasteiger partial charge in [0.25, 0.3) is 0 Å². The van der Waals surface area contributed by atoms with Gasteiger partial charge in [-0.05, 0) is 76.9 Å². The molecule has 2 aliphatic rings. The Bertz CT molecular complexity index is 854. The first-order valence-electron chi connectivity index (χ1n) is 9.46. The lowest BCUT2D eigenvalue weighted by Gasteiger charge is -2.37. The third-order valence-electron chi connectivity index (χ3n) is 5.45. The van der Waals surface area contributed by atoms with E-state index in [1.54, 1.807) is 7.05 Å². The molecule has 0 radical (unpaired) electrons. The van der Waals surface area contributed by atoms with Gasteiger partial charge >= 0.3 is 0 Å². The van der Waals surface area contributed by atoms with Gasteiger partial charge in [-0.3, -0.25) is 0 Å². The van der Waals surface area contributed by atoms with Crippen LogP contribution in [0.2, 0.25) is 0 Å². The van der Waals surface area contributed by atoms with Crippen molar-refractivity contribution in [2.45, 2.75) is 67.4 Å². The Morgan fingerprint density at radius 3 is 1.96 bits per heavy atom. The highest BCUT2D eigenvalue weighted by Gasteiger charge is 2.32. The quantitative estimate of drug-likeness (QED) is 0.731. The van der Waals surface area contributed by atoms with Crippen LogP contribution in [0.1, 0.15) is 39.5 Å². The highest BCUT2D eigenvalue weighted by Crippen LogP contribution is 2.26. The van der Waals surface area contributed by atoms with Crippen molar-refractivity contribution in [2.75, 3.05) is 20.1 Å². The number of sulfonamides is 2. The molecule has 1 saturated carbocycles. The van der Waals surface area contributed by atoms with Crippen LogP contribution in [-0.2, 0) is 20.0 Å². The summed E-state index contributed by atoms with van der Waals surface area (Å²) in [6.45, 7) is 6.06. The average Bonchev–Trinajstić information content (AvgIpc) is 3.44. The normalized spacial score (nSPS) is 20.5. The minimum atomic E-state index is -3.65. The molecule has 1 N–H and O–H groups in total. The van der Waals surface area contributed by atoms with Crippen LogP contribution in [0, 0.1) is 0 Å². The molecule has 9 heteroatoms. The van der Waals surface area contributed by atoms with E-state index in [4.69, 9.17) is 0 Å². The van der Waals surface area contributed by atoms with E-state index in [-0.39, 0.29) is 21.9 Å². The molecule has 0 spiro atoms. The van der Waals surface area contributed by atoms with E-state index in [1.165, 1.54) is 28.6 Å². The van der Waals surface area contributed by atoms with E-state index in [2.05, 4.69) is 23.5 Å². The van der Waals surface area contributed by atoms with Crippen molar-refractivity contribution >= 4 is 20.0 Å². The lowest BCUT2D eigenvalue weighted by Crippen LogP contribution is -2.47. The fourth-order valence-electron chi connectivity index (χ4n) is 3.41. The molecule has 0 bridgehead atoms. The summed E-state index contributed by atoms with van der Waals surface area (Å²) in [6, 6.07) is 5.95. The number of likely N-dealkylation sites (tertiary alicyclic amines) is 1. The average molecular weight is 416 g/mol. The Hall–Kier alpha value is -1.00. The third-order valence-corrected chi connectivity index (χ3v) is 8.91. The number of hydrogen-bond donors (Lipinski definition) is 1. The second-order valence-corrected chi connectivity index (χ2v) is 11.5. The molecule has 1 aromatic carbocycles. The van der Waals surface area contributed by atoms with Gasteiger partial charge in [-0.15, -0.1) is 0 Å². The molecule has 2 fully saturated rings. The maximum Gasteiger partial charge on any atom is 0.243 e. The molecular weight excluding hydrogens is 386 g/mol. The van der Waals surface area contributed by atoms with Gasteiger partial charge in [-0.2, -0.15) is 4.31 Å². The summed E-state index contributed by atoms with van der Waals surface area (Å²) in [5, 5.41) is 0. The van der Waals surface area contributed by atoms with Crippen LogP contribution in [0.25, 0.3) is 0 Å². The smallest absolute Gasteiger partial charge is 0.243 e. The summed E-state index contributed by atoms with van der Waals surface area (Å²) in [6.07, 6.45) is 3.30. The van der Waals surface area contributed by atoms with Crippen LogP contribution in [0.15, 0.2) is 34.1 Å². The lowest BCUT2D eigenvalue weighted by atomic mass is 10.0. The molecule has 0 atom stereocenters. The number of hydrogen-bond acceptors (Lipinski definition) is 5. The summed E-state index contributed by atoms with van der Waals surface area (Å²) >= 11 is 0. The molecule has 7 nitrogen and oxygen atoms in total. The fraction of sp³-hybridized carbons (Fsp3) is 0.667. The number of benzene rings is 1. The highest BCUT2D eigenvalue weighted by molar-refractivity contribution is 7.89. The van der Waals surface area contributed by atoms with Gasteiger partial charge in [0.05, 0.1) is 9.79 Å². The largest absolute Gasteiger partial charge is 0.301 e. The van der Waals surface area contributed by atoms with E-state index < -0.39 is 20.0 Å². The van der Waals surface area contributed by atoms with E-state index in [0.717, 1.165) is 38.8 Å². The Kier molecular flexibility index (Phi) is 5.98. The van der Waals surface area contributed by atoms with Crippen LogP contribution in [0.4, 0.5) is 0 Å². The zero-order chi connectivity index (χ0) is 19.8. The van der Waals surface area contributed by atoms with Crippen molar-refractivity contribution in [3.8, 4) is 0 Å². The zero-order valence-corrected chi connectivity index (χ0v) is 17.8. The molecule has 1 aromatic rings. The predicted octanol–water partition coefficient (Wildman–Crippen LogP) is 1.62. The standard InChI is InChI=1S/C18H29N3O4S2/c1-14(2)21-12-10-16(11-13-21)20(3)27(24,25)18-8-6-17(7-9-18)26(22,23)19-15-4-5-15/h6-9,14-16,19H,4-5,10-13H2,1-3H3. The van der Waals surface area contributed by atoms with Crippen LogP contribution >= 0.6 is 0 Å². The Balaban J connectivity index is 1.71. The maximum atomic E-state index is 12.9. The van der Waals surface area contributed by atoms with E-state index in [1.807, 2.05) is 0 Å². The summed E-state index contributed by atoms with van der Waals surface area (Å²) in [5.41, 5.74) is 0. The van der Waals surface area contributed by atoms with Gasteiger partial charge in [-0.1, -0.05) is 0 Å². The van der Waals surface area contributed by atoms with Crippen LogP contribution < -0.4 is 4.72 Å². The zero-order valence-electron chi connectivity index (χ0n) is 16.1. The highest BCUT2D eigenvalue weighted by atomic mass is 32.2. The summed E-state index contributed by atoms with van der Waals surface area (Å²) in [4.78, 5) is 2.58. The first kappa shape index (κ1) is 20.7. The summed E-state index contributed by atoms with van der Waals surface area (Å²) in [5.74, 6) is 0. The molecule has 0 aromatic heterocycles. The number of nitrogens with one attached hydrogen (secondary N) is 1. The lowest BCUT2D eigenvalue weighted by molar-refractivity contribution is 0.140. The topological polar surface area (TPSA) is 86.8 Å². The van der Waals surface area contributed by atoms with E-state index in [0.29, 0.717) is 6.04 Å². The molecule has 27 heavy (non-hydrogen) atoms. The second kappa shape index (κ2) is 7.79. The Morgan fingerprint density at radius 2 is 1.48 bits per heavy atom. The molecular formula is C18H29N3O4S2. The number of piperidine rings is 1. The van der Waals surface area contributed by atoms with E-state index in [9.17, 15) is 16.8 Å². The van der Waals surface area contributed by atoms with Crippen molar-refractivity contribution in [3.63, 3.8) is 0 Å². The summed E-state index contributed by atoms with van der Waals surface area (Å²) < 4.78 is 54.4. The monoisotopic (exact) mass is 415 g/mol. The van der Waals surface area contributed by atoms with Crippen molar-refractivity contribution in [1.82, 2.24) is 13.9 Å². The van der Waals surface area contributed by atoms with Crippen molar-refractivity contribution < 1.29 is 16.8 Å². The molecule has 1 saturated heterocycles. The van der Waals surface area contributed by atoms with Gasteiger partial charge in [0.15, 0.2) is 0 Å². The first-order chi connectivity index (χ1) is 12.6. The fourth-order valence-corrected chi connectivity index (χ4v) is 6.13. The van der Waals surface area contributed by atoms with Gasteiger partial charge in [0, 0.05) is 25.2 Å². The second-order valence-electron chi connectivity index (χ2n) is 7.75. The molecule has 1 heterocycles. The Labute approximate surface area is 162 Å². The Morgan fingerprint density at radius 1 is 0.963 bits per heavy atom. The minimum Gasteiger partial charge on any atom is -0.301 e. The van der Waals surface area contributed by atoms with Gasteiger partial charge in [0.1, 0.15) is 0 Å².